The molecule has 8 heteroatoms. The maximum Gasteiger partial charge on any atom is 0.305 e. The summed E-state index contributed by atoms with van der Waals surface area (Å²) in [5, 5.41) is 12.0. The summed E-state index contributed by atoms with van der Waals surface area (Å²) < 4.78 is 23.3. The van der Waals surface area contributed by atoms with Gasteiger partial charge in [-0.05, 0) is 19.0 Å². The van der Waals surface area contributed by atoms with E-state index in [1.165, 1.54) is 4.90 Å². The van der Waals surface area contributed by atoms with Crippen LogP contribution in [0.4, 0.5) is 0 Å². The molecule has 0 spiro atoms. The Bertz CT molecular complexity index is 500. The summed E-state index contributed by atoms with van der Waals surface area (Å²) in [7, 11) is -3.25. The van der Waals surface area contributed by atoms with Crippen LogP contribution in [0.3, 0.4) is 0 Å². The van der Waals surface area contributed by atoms with Crippen LogP contribution in [0, 0.1) is 11.8 Å². The summed E-state index contributed by atoms with van der Waals surface area (Å²) in [6.07, 6.45) is -0.319. The average molecular weight is 304 g/mol. The van der Waals surface area contributed by atoms with Gasteiger partial charge in [0.25, 0.3) is 0 Å². The van der Waals surface area contributed by atoms with E-state index in [1.807, 2.05) is 6.92 Å². The Morgan fingerprint density at radius 3 is 2.55 bits per heavy atom. The van der Waals surface area contributed by atoms with Crippen molar-refractivity contribution < 1.29 is 23.1 Å². The molecule has 0 aromatic carbocycles. The molecule has 1 amide bonds. The highest BCUT2D eigenvalue weighted by Crippen LogP contribution is 2.23. The van der Waals surface area contributed by atoms with Crippen LogP contribution in [0.2, 0.25) is 0 Å². The zero-order valence-electron chi connectivity index (χ0n) is 11.4. The molecule has 2 aliphatic heterocycles. The lowest BCUT2D eigenvalue weighted by Gasteiger charge is -2.40. The van der Waals surface area contributed by atoms with E-state index in [0.717, 1.165) is 13.1 Å². The Morgan fingerprint density at radius 1 is 1.40 bits per heavy atom. The van der Waals surface area contributed by atoms with E-state index in [0.29, 0.717) is 0 Å². The van der Waals surface area contributed by atoms with Crippen LogP contribution >= 0.6 is 0 Å². The summed E-state index contributed by atoms with van der Waals surface area (Å²) in [5.74, 6) is -1.48. The first-order chi connectivity index (χ1) is 9.30. The van der Waals surface area contributed by atoms with E-state index in [-0.39, 0.29) is 42.2 Å². The van der Waals surface area contributed by atoms with Gasteiger partial charge in [-0.15, -0.1) is 0 Å². The predicted molar refractivity (Wildman–Crippen MR) is 71.9 cm³/mol. The van der Waals surface area contributed by atoms with Gasteiger partial charge in [-0.2, -0.15) is 0 Å². The molecule has 0 radical (unpaired) electrons. The van der Waals surface area contributed by atoms with Crippen molar-refractivity contribution >= 4 is 21.7 Å². The molecule has 114 valence electrons. The first-order valence-electron chi connectivity index (χ1n) is 6.73. The number of carboxylic acids is 1. The third-order valence-corrected chi connectivity index (χ3v) is 5.83. The smallest absolute Gasteiger partial charge is 0.305 e. The Morgan fingerprint density at radius 2 is 2.05 bits per heavy atom. The van der Waals surface area contributed by atoms with E-state index in [1.54, 1.807) is 0 Å². The van der Waals surface area contributed by atoms with E-state index in [4.69, 9.17) is 5.11 Å². The van der Waals surface area contributed by atoms with Gasteiger partial charge in [0.15, 0.2) is 9.84 Å². The summed E-state index contributed by atoms with van der Waals surface area (Å²) in [5.41, 5.74) is 0. The molecule has 2 fully saturated rings. The molecule has 2 heterocycles. The molecule has 0 aliphatic carbocycles. The zero-order valence-corrected chi connectivity index (χ0v) is 12.2. The maximum absolute atomic E-state index is 12.4. The lowest BCUT2D eigenvalue weighted by atomic mass is 9.87. The Kier molecular flexibility index (Phi) is 4.33. The van der Waals surface area contributed by atoms with Crippen LogP contribution in [0.5, 0.6) is 0 Å². The highest BCUT2D eigenvalue weighted by atomic mass is 32.2. The molecular weight excluding hydrogens is 284 g/mol. The Balaban J connectivity index is 2.10. The van der Waals surface area contributed by atoms with Crippen molar-refractivity contribution in [1.82, 2.24) is 10.2 Å². The number of carbonyl (C=O) groups is 2. The molecule has 20 heavy (non-hydrogen) atoms. The van der Waals surface area contributed by atoms with Crippen molar-refractivity contribution in [1.29, 1.82) is 0 Å². The van der Waals surface area contributed by atoms with Crippen molar-refractivity contribution in [3.8, 4) is 0 Å². The Hall–Kier alpha value is -1.15. The van der Waals surface area contributed by atoms with E-state index in [9.17, 15) is 18.0 Å². The molecule has 0 aromatic rings. The van der Waals surface area contributed by atoms with Crippen molar-refractivity contribution in [2.45, 2.75) is 19.4 Å². The number of nitrogens with one attached hydrogen (secondary N) is 1. The van der Waals surface area contributed by atoms with E-state index >= 15 is 0 Å². The molecule has 2 saturated heterocycles. The third kappa shape index (κ3) is 3.29. The van der Waals surface area contributed by atoms with Gasteiger partial charge >= 0.3 is 5.97 Å². The summed E-state index contributed by atoms with van der Waals surface area (Å²) >= 11 is 0. The topological polar surface area (TPSA) is 104 Å². The molecule has 2 aliphatic rings. The van der Waals surface area contributed by atoms with Gasteiger partial charge in [0.2, 0.25) is 5.91 Å². The standard InChI is InChI=1S/C12H20N2O5S/c1-8(9-5-13-6-9)12(17)14-2-3-20(18,19)7-10(14)4-11(15)16/h8-10,13H,2-7H2,1H3,(H,15,16). The number of amides is 1. The van der Waals surface area contributed by atoms with Gasteiger partial charge in [0.05, 0.1) is 24.0 Å². The first-order valence-corrected chi connectivity index (χ1v) is 8.55. The molecule has 0 saturated carbocycles. The van der Waals surface area contributed by atoms with Crippen LogP contribution in [0.1, 0.15) is 13.3 Å². The van der Waals surface area contributed by atoms with Crippen molar-refractivity contribution in [3.63, 3.8) is 0 Å². The number of sulfone groups is 1. The average Bonchev–Trinajstić information content (AvgIpc) is 2.23. The van der Waals surface area contributed by atoms with Crippen LogP contribution in [0.15, 0.2) is 0 Å². The minimum Gasteiger partial charge on any atom is -0.481 e. The van der Waals surface area contributed by atoms with Crippen molar-refractivity contribution in [3.05, 3.63) is 0 Å². The monoisotopic (exact) mass is 304 g/mol. The number of carbonyl (C=O) groups excluding carboxylic acids is 1. The lowest BCUT2D eigenvalue weighted by Crippen LogP contribution is -2.56. The maximum atomic E-state index is 12.4. The summed E-state index contributed by atoms with van der Waals surface area (Å²) in [6.45, 7) is 3.49. The highest BCUT2D eigenvalue weighted by molar-refractivity contribution is 7.91. The predicted octanol–water partition coefficient (Wildman–Crippen LogP) is -1.06. The molecule has 2 atom stereocenters. The fourth-order valence-corrected chi connectivity index (χ4v) is 4.20. The minimum absolute atomic E-state index is 0.0789. The highest BCUT2D eigenvalue weighted by Gasteiger charge is 2.39. The number of hydrogen-bond acceptors (Lipinski definition) is 5. The van der Waals surface area contributed by atoms with Gasteiger partial charge in [-0.1, -0.05) is 6.92 Å². The van der Waals surface area contributed by atoms with E-state index < -0.39 is 21.8 Å². The molecule has 2 unspecified atom stereocenters. The number of carboxylic acid groups (broad SMARTS) is 1. The molecule has 7 nitrogen and oxygen atoms in total. The molecule has 2 N–H and O–H groups in total. The van der Waals surface area contributed by atoms with Gasteiger partial charge in [0, 0.05) is 12.5 Å². The normalized spacial score (nSPS) is 27.6. The van der Waals surface area contributed by atoms with Gasteiger partial charge < -0.3 is 15.3 Å². The molecule has 0 aromatic heterocycles. The van der Waals surface area contributed by atoms with Crippen molar-refractivity contribution in [2.24, 2.45) is 11.8 Å². The number of nitrogens with zero attached hydrogens (tertiary/aromatic N) is 1. The number of aliphatic carboxylic acids is 1. The zero-order chi connectivity index (χ0) is 14.9. The number of hydrogen-bond donors (Lipinski definition) is 2. The minimum atomic E-state index is -3.25. The SMILES string of the molecule is CC(C(=O)N1CCS(=O)(=O)CC1CC(=O)O)C1CNC1. The second-order valence-electron chi connectivity index (χ2n) is 5.60. The van der Waals surface area contributed by atoms with Gasteiger partial charge in [0.1, 0.15) is 0 Å². The second-order valence-corrected chi connectivity index (χ2v) is 7.83. The molecule has 0 bridgehead atoms. The molecular formula is C12H20N2O5S. The Labute approximate surface area is 118 Å². The summed E-state index contributed by atoms with van der Waals surface area (Å²) in [6, 6.07) is -0.741. The first kappa shape index (κ1) is 15.2. The van der Waals surface area contributed by atoms with Gasteiger partial charge in [-0.3, -0.25) is 9.59 Å². The van der Waals surface area contributed by atoms with Crippen LogP contribution < -0.4 is 5.32 Å². The van der Waals surface area contributed by atoms with Gasteiger partial charge in [-0.25, -0.2) is 8.42 Å². The molecule has 2 rings (SSSR count). The fraction of sp³-hybridized carbons (Fsp3) is 0.833. The van der Waals surface area contributed by atoms with E-state index in [2.05, 4.69) is 5.32 Å². The fourth-order valence-electron chi connectivity index (χ4n) is 2.68. The van der Waals surface area contributed by atoms with Crippen LogP contribution in [-0.2, 0) is 19.4 Å². The largest absolute Gasteiger partial charge is 0.481 e. The van der Waals surface area contributed by atoms with Crippen LogP contribution in [-0.4, -0.2) is 67.5 Å². The van der Waals surface area contributed by atoms with Crippen molar-refractivity contribution in [2.75, 3.05) is 31.1 Å². The summed E-state index contributed by atoms with van der Waals surface area (Å²) in [4.78, 5) is 24.8. The van der Waals surface area contributed by atoms with Crippen LogP contribution in [0.25, 0.3) is 0 Å². The second kappa shape index (κ2) is 5.69. The number of rotatable bonds is 4. The third-order valence-electron chi connectivity index (χ3n) is 4.13. The lowest BCUT2D eigenvalue weighted by molar-refractivity contribution is -0.143. The quantitative estimate of drug-likeness (QED) is 0.686.